The topological polar surface area (TPSA) is 21.3 Å². The molecule has 0 saturated carbocycles. The number of benzene rings is 1. The van der Waals surface area contributed by atoms with E-state index in [-0.39, 0.29) is 6.10 Å². The van der Waals surface area contributed by atoms with E-state index in [4.69, 9.17) is 4.74 Å². The normalized spacial score (nSPS) is 14.9. The molecule has 0 amide bonds. The van der Waals surface area contributed by atoms with E-state index in [1.54, 1.807) is 0 Å². The summed E-state index contributed by atoms with van der Waals surface area (Å²) in [5, 5.41) is 3.17. The smallest absolute Gasteiger partial charge is 0.119 e. The van der Waals surface area contributed by atoms with E-state index in [2.05, 4.69) is 38.2 Å². The lowest BCUT2D eigenvalue weighted by atomic mass is 10.2. The number of aryl methyl sites for hydroxylation is 1. The zero-order valence-corrected chi connectivity index (χ0v) is 9.37. The van der Waals surface area contributed by atoms with Crippen LogP contribution in [0.15, 0.2) is 24.3 Å². The van der Waals surface area contributed by atoms with Gasteiger partial charge in [-0.3, -0.25) is 0 Å². The summed E-state index contributed by atoms with van der Waals surface area (Å²) in [5.41, 5.74) is 1.26. The summed E-state index contributed by atoms with van der Waals surface area (Å²) in [5.74, 6) is 0.935. The van der Waals surface area contributed by atoms with Gasteiger partial charge in [0.05, 0.1) is 0 Å². The first kappa shape index (κ1) is 11.1. The van der Waals surface area contributed by atoms with Gasteiger partial charge in [0.15, 0.2) is 0 Å². The molecular weight excluding hydrogens is 174 g/mol. The third-order valence-electron chi connectivity index (χ3n) is 2.50. The Bertz CT molecular complexity index is 268. The van der Waals surface area contributed by atoms with E-state index in [0.717, 1.165) is 5.75 Å². The maximum atomic E-state index is 5.76. The quantitative estimate of drug-likeness (QED) is 0.792. The third kappa shape index (κ3) is 3.04. The van der Waals surface area contributed by atoms with Crippen LogP contribution in [0.25, 0.3) is 0 Å². The number of ether oxygens (including phenoxy) is 1. The zero-order valence-electron chi connectivity index (χ0n) is 9.37. The second-order valence-electron chi connectivity index (χ2n) is 3.71. The van der Waals surface area contributed by atoms with Crippen molar-refractivity contribution in [1.29, 1.82) is 0 Å². The Morgan fingerprint density at radius 3 is 2.21 bits per heavy atom. The molecule has 0 aliphatic carbocycles. The predicted octanol–water partition coefficient (Wildman–Crippen LogP) is 2.37. The van der Waals surface area contributed by atoms with Crippen molar-refractivity contribution in [3.63, 3.8) is 0 Å². The van der Waals surface area contributed by atoms with Crippen molar-refractivity contribution >= 4 is 0 Å². The van der Waals surface area contributed by atoms with Gasteiger partial charge >= 0.3 is 0 Å². The second kappa shape index (κ2) is 5.01. The summed E-state index contributed by atoms with van der Waals surface area (Å²) >= 11 is 0. The largest absolute Gasteiger partial charge is 0.489 e. The Labute approximate surface area is 86.3 Å². The molecule has 2 atom stereocenters. The minimum Gasteiger partial charge on any atom is -0.489 e. The highest BCUT2D eigenvalue weighted by atomic mass is 16.5. The maximum absolute atomic E-state index is 5.76. The standard InChI is InChI=1S/C12H19NO/c1-9-5-7-12(8-6-9)14-11(3)10(2)13-4/h5-8,10-11,13H,1-4H3. The van der Waals surface area contributed by atoms with Gasteiger partial charge in [-0.1, -0.05) is 17.7 Å². The van der Waals surface area contributed by atoms with Gasteiger partial charge in [0, 0.05) is 6.04 Å². The van der Waals surface area contributed by atoms with E-state index < -0.39 is 0 Å². The van der Waals surface area contributed by atoms with E-state index in [9.17, 15) is 0 Å². The molecule has 78 valence electrons. The summed E-state index contributed by atoms with van der Waals surface area (Å²) < 4.78 is 5.76. The first-order valence-electron chi connectivity index (χ1n) is 5.04. The minimum atomic E-state index is 0.183. The summed E-state index contributed by atoms with van der Waals surface area (Å²) in [6, 6.07) is 8.50. The van der Waals surface area contributed by atoms with Crippen LogP contribution in [-0.4, -0.2) is 19.2 Å². The molecule has 1 rings (SSSR count). The Morgan fingerprint density at radius 2 is 1.71 bits per heavy atom. The van der Waals surface area contributed by atoms with Crippen LogP contribution in [-0.2, 0) is 0 Å². The van der Waals surface area contributed by atoms with Gasteiger partial charge < -0.3 is 10.1 Å². The van der Waals surface area contributed by atoms with Gasteiger partial charge in [0.2, 0.25) is 0 Å². The molecule has 0 aliphatic heterocycles. The molecule has 0 fully saturated rings. The molecule has 2 unspecified atom stereocenters. The number of rotatable bonds is 4. The Morgan fingerprint density at radius 1 is 1.14 bits per heavy atom. The Kier molecular flexibility index (Phi) is 3.96. The highest BCUT2D eigenvalue weighted by Crippen LogP contribution is 2.14. The average molecular weight is 193 g/mol. The maximum Gasteiger partial charge on any atom is 0.119 e. The summed E-state index contributed by atoms with van der Waals surface area (Å²) in [6.07, 6.45) is 0.183. The van der Waals surface area contributed by atoms with Crippen molar-refractivity contribution in [2.45, 2.75) is 32.9 Å². The third-order valence-corrected chi connectivity index (χ3v) is 2.50. The molecule has 0 bridgehead atoms. The SMILES string of the molecule is CNC(C)C(C)Oc1ccc(C)cc1. The van der Waals surface area contributed by atoms with Crippen LogP contribution in [0.2, 0.25) is 0 Å². The van der Waals surface area contributed by atoms with Crippen LogP contribution in [0.1, 0.15) is 19.4 Å². The molecule has 0 spiro atoms. The van der Waals surface area contributed by atoms with Crippen LogP contribution in [0.5, 0.6) is 5.75 Å². The van der Waals surface area contributed by atoms with Crippen LogP contribution in [0.3, 0.4) is 0 Å². The molecule has 2 heteroatoms. The van der Waals surface area contributed by atoms with E-state index in [1.165, 1.54) is 5.56 Å². The van der Waals surface area contributed by atoms with Crippen LogP contribution in [0, 0.1) is 6.92 Å². The Balaban J connectivity index is 2.56. The average Bonchev–Trinajstić information content (AvgIpc) is 2.20. The summed E-state index contributed by atoms with van der Waals surface area (Å²) in [6.45, 7) is 6.25. The van der Waals surface area contributed by atoms with Gasteiger partial charge in [-0.2, -0.15) is 0 Å². The van der Waals surface area contributed by atoms with Crippen LogP contribution in [0.4, 0.5) is 0 Å². The van der Waals surface area contributed by atoms with Crippen molar-refractivity contribution in [3.05, 3.63) is 29.8 Å². The van der Waals surface area contributed by atoms with Crippen molar-refractivity contribution < 1.29 is 4.74 Å². The molecule has 0 heterocycles. The van der Waals surface area contributed by atoms with Crippen molar-refractivity contribution in [3.8, 4) is 5.75 Å². The molecule has 0 aliphatic rings. The highest BCUT2D eigenvalue weighted by molar-refractivity contribution is 5.26. The van der Waals surface area contributed by atoms with Crippen LogP contribution < -0.4 is 10.1 Å². The van der Waals surface area contributed by atoms with Crippen molar-refractivity contribution in [2.24, 2.45) is 0 Å². The van der Waals surface area contributed by atoms with E-state index in [0.29, 0.717) is 6.04 Å². The molecule has 14 heavy (non-hydrogen) atoms. The molecular formula is C12H19NO. The molecule has 0 aromatic heterocycles. The molecule has 1 aromatic rings. The monoisotopic (exact) mass is 193 g/mol. The van der Waals surface area contributed by atoms with E-state index >= 15 is 0 Å². The fraction of sp³-hybridized carbons (Fsp3) is 0.500. The molecule has 0 saturated heterocycles. The van der Waals surface area contributed by atoms with Gasteiger partial charge in [-0.15, -0.1) is 0 Å². The minimum absolute atomic E-state index is 0.183. The fourth-order valence-corrected chi connectivity index (χ4v) is 1.17. The lowest BCUT2D eigenvalue weighted by Gasteiger charge is -2.20. The molecule has 1 aromatic carbocycles. The first-order chi connectivity index (χ1) is 6.63. The zero-order chi connectivity index (χ0) is 10.6. The van der Waals surface area contributed by atoms with Crippen molar-refractivity contribution in [1.82, 2.24) is 5.32 Å². The van der Waals surface area contributed by atoms with E-state index in [1.807, 2.05) is 19.2 Å². The number of hydrogen-bond acceptors (Lipinski definition) is 2. The number of hydrogen-bond donors (Lipinski definition) is 1. The van der Waals surface area contributed by atoms with Gasteiger partial charge in [0.1, 0.15) is 11.9 Å². The lowest BCUT2D eigenvalue weighted by molar-refractivity contribution is 0.182. The highest BCUT2D eigenvalue weighted by Gasteiger charge is 2.10. The van der Waals surface area contributed by atoms with Crippen molar-refractivity contribution in [2.75, 3.05) is 7.05 Å². The van der Waals surface area contributed by atoms with Gasteiger partial charge in [-0.05, 0) is 40.0 Å². The fourth-order valence-electron chi connectivity index (χ4n) is 1.17. The summed E-state index contributed by atoms with van der Waals surface area (Å²) in [4.78, 5) is 0. The predicted molar refractivity (Wildman–Crippen MR) is 59.8 cm³/mol. The number of likely N-dealkylation sites (N-methyl/N-ethyl adjacent to an activating group) is 1. The number of nitrogens with one attached hydrogen (secondary N) is 1. The first-order valence-corrected chi connectivity index (χ1v) is 5.04. The summed E-state index contributed by atoms with van der Waals surface area (Å²) in [7, 11) is 1.94. The Hall–Kier alpha value is -1.02. The lowest BCUT2D eigenvalue weighted by Crippen LogP contribution is -2.36. The molecule has 2 nitrogen and oxygen atoms in total. The van der Waals surface area contributed by atoms with Gasteiger partial charge in [0.25, 0.3) is 0 Å². The molecule has 0 radical (unpaired) electrons. The van der Waals surface area contributed by atoms with Crippen LogP contribution >= 0.6 is 0 Å². The molecule has 1 N–H and O–H groups in total. The second-order valence-corrected chi connectivity index (χ2v) is 3.71. The van der Waals surface area contributed by atoms with Gasteiger partial charge in [-0.25, -0.2) is 0 Å².